The maximum atomic E-state index is 10.8. The van der Waals surface area contributed by atoms with E-state index in [1.807, 2.05) is 41.5 Å². The van der Waals surface area contributed by atoms with Gasteiger partial charge < -0.3 is 5.11 Å². The van der Waals surface area contributed by atoms with Crippen LogP contribution >= 0.6 is 0 Å². The lowest BCUT2D eigenvalue weighted by molar-refractivity contribution is -0.402. The van der Waals surface area contributed by atoms with Crippen molar-refractivity contribution in [1.82, 2.24) is 0 Å². The molecule has 4 nitrogen and oxygen atoms in total. The highest BCUT2D eigenvalue weighted by atomic mass is 17.2. The molecule has 0 aromatic carbocycles. The summed E-state index contributed by atoms with van der Waals surface area (Å²) in [7, 11) is 0. The summed E-state index contributed by atoms with van der Waals surface area (Å²) in [4.78, 5) is 21.8. The van der Waals surface area contributed by atoms with Gasteiger partial charge in [0.25, 0.3) is 0 Å². The van der Waals surface area contributed by atoms with Gasteiger partial charge in [-0.25, -0.2) is 14.6 Å². The minimum absolute atomic E-state index is 0.111. The van der Waals surface area contributed by atoms with Gasteiger partial charge in [-0.2, -0.15) is 0 Å². The average Bonchev–Trinajstić information content (AvgIpc) is 2.25. The third kappa shape index (κ3) is 8.01. The minimum Gasteiger partial charge on any atom is -0.478 e. The van der Waals surface area contributed by atoms with Gasteiger partial charge in [-0.05, 0) is 53.4 Å². The highest BCUT2D eigenvalue weighted by Crippen LogP contribution is 2.25. The molecule has 4 heteroatoms. The predicted octanol–water partition coefficient (Wildman–Crippen LogP) is 3.96. The van der Waals surface area contributed by atoms with E-state index in [1.54, 1.807) is 13.0 Å². The first-order valence-corrected chi connectivity index (χ1v) is 6.77. The highest BCUT2D eigenvalue weighted by Gasteiger charge is 2.27. The van der Waals surface area contributed by atoms with Gasteiger partial charge in [-0.1, -0.05) is 19.9 Å². The van der Waals surface area contributed by atoms with Crippen LogP contribution in [0.15, 0.2) is 11.6 Å². The Labute approximate surface area is 116 Å². The van der Waals surface area contributed by atoms with E-state index in [0.717, 1.165) is 6.42 Å². The highest BCUT2D eigenvalue weighted by molar-refractivity contribution is 5.85. The number of hydrogen-bond donors (Lipinski definition) is 1. The van der Waals surface area contributed by atoms with Crippen LogP contribution in [0.1, 0.15) is 61.3 Å². The molecule has 0 rings (SSSR count). The van der Waals surface area contributed by atoms with Crippen LogP contribution in [0.5, 0.6) is 0 Å². The molecule has 0 fully saturated rings. The van der Waals surface area contributed by atoms with Crippen LogP contribution in [0.25, 0.3) is 0 Å². The summed E-state index contributed by atoms with van der Waals surface area (Å²) < 4.78 is 0. The van der Waals surface area contributed by atoms with Crippen molar-refractivity contribution in [3.63, 3.8) is 0 Å². The van der Waals surface area contributed by atoms with Crippen LogP contribution in [0.2, 0.25) is 0 Å². The molecule has 0 aliphatic rings. The fourth-order valence-electron chi connectivity index (χ4n) is 1.65. The molecule has 0 radical (unpaired) electrons. The maximum Gasteiger partial charge on any atom is 0.330 e. The van der Waals surface area contributed by atoms with Gasteiger partial charge in [0.05, 0.1) is 11.2 Å². The van der Waals surface area contributed by atoms with Crippen molar-refractivity contribution in [2.75, 3.05) is 0 Å². The molecule has 0 saturated heterocycles. The molecule has 1 N–H and O–H groups in total. The zero-order valence-corrected chi connectivity index (χ0v) is 13.2. The Morgan fingerprint density at radius 2 is 1.68 bits per heavy atom. The Bertz CT molecular complexity index is 329. The zero-order valence-electron chi connectivity index (χ0n) is 13.2. The number of carboxylic acid groups (broad SMARTS) is 1. The second kappa shape index (κ2) is 7.06. The summed E-state index contributed by atoms with van der Waals surface area (Å²) in [5.74, 6) is -0.770. The third-order valence-corrected chi connectivity index (χ3v) is 3.03. The van der Waals surface area contributed by atoms with Gasteiger partial charge in [0.15, 0.2) is 0 Å². The molecular formula is C15H28O4. The van der Waals surface area contributed by atoms with Crippen LogP contribution in [-0.2, 0) is 14.6 Å². The molecule has 0 aromatic rings. The molecule has 0 amide bonds. The first kappa shape index (κ1) is 18.1. The number of hydrogen-bond acceptors (Lipinski definition) is 3. The maximum absolute atomic E-state index is 10.8. The van der Waals surface area contributed by atoms with Gasteiger partial charge >= 0.3 is 5.97 Å². The average molecular weight is 272 g/mol. The molecule has 0 aliphatic carbocycles. The van der Waals surface area contributed by atoms with E-state index in [2.05, 4.69) is 0 Å². The van der Waals surface area contributed by atoms with Crippen molar-refractivity contribution in [3.05, 3.63) is 11.6 Å². The van der Waals surface area contributed by atoms with Gasteiger partial charge in [-0.3, -0.25) is 0 Å². The second-order valence-corrected chi connectivity index (χ2v) is 6.38. The largest absolute Gasteiger partial charge is 0.478 e. The molecule has 1 atom stereocenters. The van der Waals surface area contributed by atoms with E-state index in [1.165, 1.54) is 0 Å². The Morgan fingerprint density at radius 1 is 1.21 bits per heavy atom. The quantitative estimate of drug-likeness (QED) is 0.413. The van der Waals surface area contributed by atoms with Gasteiger partial charge in [0, 0.05) is 5.57 Å². The van der Waals surface area contributed by atoms with Gasteiger partial charge in [0.1, 0.15) is 0 Å². The summed E-state index contributed by atoms with van der Waals surface area (Å²) in [5.41, 5.74) is -0.410. The molecule has 0 aliphatic heterocycles. The molecule has 0 bridgehead atoms. The molecule has 1 unspecified atom stereocenters. The van der Waals surface area contributed by atoms with Crippen LogP contribution in [0.3, 0.4) is 0 Å². The van der Waals surface area contributed by atoms with E-state index in [4.69, 9.17) is 14.9 Å². The number of aliphatic carboxylic acids is 1. The Balaban J connectivity index is 4.44. The number of carbonyl (C=O) groups is 1. The molecule has 112 valence electrons. The van der Waals surface area contributed by atoms with E-state index >= 15 is 0 Å². The van der Waals surface area contributed by atoms with E-state index in [0.29, 0.717) is 12.0 Å². The summed E-state index contributed by atoms with van der Waals surface area (Å²) in [6.45, 7) is 13.4. The number of rotatable bonds is 8. The van der Waals surface area contributed by atoms with E-state index < -0.39 is 11.6 Å². The molecule has 0 saturated carbocycles. The third-order valence-electron chi connectivity index (χ3n) is 3.03. The normalized spacial score (nSPS) is 15.4. The molecular weight excluding hydrogens is 244 g/mol. The first-order chi connectivity index (χ1) is 8.49. The van der Waals surface area contributed by atoms with Crippen molar-refractivity contribution >= 4 is 5.97 Å². The monoisotopic (exact) mass is 272 g/mol. The van der Waals surface area contributed by atoms with Gasteiger partial charge in [0.2, 0.25) is 0 Å². The summed E-state index contributed by atoms with van der Waals surface area (Å²) in [6, 6.07) is 0. The lowest BCUT2D eigenvalue weighted by atomic mass is 9.93. The van der Waals surface area contributed by atoms with Crippen LogP contribution in [-0.4, -0.2) is 22.3 Å². The van der Waals surface area contributed by atoms with Gasteiger partial charge in [-0.15, -0.1) is 0 Å². The Morgan fingerprint density at radius 3 is 2.11 bits per heavy atom. The minimum atomic E-state index is -0.881. The molecule has 0 aromatic heterocycles. The smallest absolute Gasteiger partial charge is 0.330 e. The van der Waals surface area contributed by atoms with Crippen molar-refractivity contribution < 1.29 is 19.7 Å². The van der Waals surface area contributed by atoms with Crippen molar-refractivity contribution in [2.24, 2.45) is 5.92 Å². The Hall–Kier alpha value is -0.870. The number of carboxylic acids is 1. The second-order valence-electron chi connectivity index (χ2n) is 6.38. The Kier molecular flexibility index (Phi) is 6.73. The summed E-state index contributed by atoms with van der Waals surface area (Å²) in [5, 5.41) is 8.85. The summed E-state index contributed by atoms with van der Waals surface area (Å²) >= 11 is 0. The molecule has 0 heterocycles. The van der Waals surface area contributed by atoms with Crippen molar-refractivity contribution in [3.8, 4) is 0 Å². The van der Waals surface area contributed by atoms with Crippen molar-refractivity contribution in [1.29, 1.82) is 0 Å². The number of allylic oxidation sites excluding steroid dienone is 1. The fourth-order valence-corrected chi connectivity index (χ4v) is 1.65. The zero-order chi connectivity index (χ0) is 15.3. The predicted molar refractivity (Wildman–Crippen MR) is 75.8 cm³/mol. The molecule has 19 heavy (non-hydrogen) atoms. The standard InChI is InChI=1S/C15H28O4/c1-8-14(4,5)18-19-15(6,7)10-11(2)9-12(3)13(16)17/h9,11H,8,10H2,1-7H3,(H,16,17)/b12-9+. The first-order valence-electron chi connectivity index (χ1n) is 6.77. The van der Waals surface area contributed by atoms with E-state index in [9.17, 15) is 4.79 Å². The van der Waals surface area contributed by atoms with Crippen LogP contribution < -0.4 is 0 Å². The lowest BCUT2D eigenvalue weighted by Gasteiger charge is -2.31. The van der Waals surface area contributed by atoms with Crippen LogP contribution in [0, 0.1) is 5.92 Å². The van der Waals surface area contributed by atoms with E-state index in [-0.39, 0.29) is 11.5 Å². The fraction of sp³-hybridized carbons (Fsp3) is 0.800. The summed E-state index contributed by atoms with van der Waals surface area (Å²) in [6.07, 6.45) is 3.30. The van der Waals surface area contributed by atoms with Crippen molar-refractivity contribution in [2.45, 2.75) is 72.5 Å². The van der Waals surface area contributed by atoms with Crippen LogP contribution in [0.4, 0.5) is 0 Å². The lowest BCUT2D eigenvalue weighted by Crippen LogP contribution is -2.33. The SMILES string of the molecule is CCC(C)(C)OOC(C)(C)CC(C)/C=C(\C)C(=O)O. The topological polar surface area (TPSA) is 55.8 Å². The molecule has 0 spiro atoms.